The van der Waals surface area contributed by atoms with Crippen molar-refractivity contribution in [3.8, 4) is 11.8 Å². The predicted octanol–water partition coefficient (Wildman–Crippen LogP) is 3.60. The number of aryl methyl sites for hydroxylation is 1. The molecular weight excluding hydrogens is 532 g/mol. The maximum absolute atomic E-state index is 13.8. The molecule has 4 rings (SSSR count). The van der Waals surface area contributed by atoms with E-state index in [1.165, 1.54) is 6.20 Å². The van der Waals surface area contributed by atoms with Crippen LogP contribution in [0.3, 0.4) is 0 Å². The number of nitrogens with one attached hydrogen (secondary N) is 3. The smallest absolute Gasteiger partial charge is 0.275 e. The Morgan fingerprint density at radius 1 is 1.30 bits per heavy atom. The Hall–Kier alpha value is -3.68. The van der Waals surface area contributed by atoms with Crippen LogP contribution in [-0.4, -0.2) is 51.8 Å². The second kappa shape index (κ2) is 11.8. The zero-order valence-corrected chi connectivity index (χ0v) is 24.1. The number of nitrogens with zero attached hydrogens (tertiary/aromatic N) is 3. The number of pyridine rings is 1. The number of ether oxygens (including phenoxy) is 1. The van der Waals surface area contributed by atoms with E-state index in [1.807, 2.05) is 39.0 Å². The van der Waals surface area contributed by atoms with E-state index in [4.69, 9.17) is 16.3 Å². The molecule has 2 saturated heterocycles. The molecule has 0 aliphatic carbocycles. The van der Waals surface area contributed by atoms with Gasteiger partial charge in [0.2, 0.25) is 5.91 Å². The average Bonchev–Trinajstić information content (AvgIpc) is 3.37. The number of aromatic nitrogens is 1. The largest absolute Gasteiger partial charge is 0.479 e. The van der Waals surface area contributed by atoms with Crippen LogP contribution < -0.4 is 20.9 Å². The van der Waals surface area contributed by atoms with Gasteiger partial charge in [-0.3, -0.25) is 19.8 Å². The van der Waals surface area contributed by atoms with Crippen molar-refractivity contribution >= 4 is 29.3 Å². The average molecular weight is 567 g/mol. The van der Waals surface area contributed by atoms with Crippen molar-refractivity contribution in [3.63, 3.8) is 0 Å². The van der Waals surface area contributed by atoms with E-state index in [2.05, 4.69) is 27.2 Å². The van der Waals surface area contributed by atoms with Crippen LogP contribution in [0, 0.1) is 23.7 Å². The van der Waals surface area contributed by atoms with Gasteiger partial charge < -0.3 is 15.0 Å². The van der Waals surface area contributed by atoms with E-state index in [0.717, 1.165) is 5.56 Å². The van der Waals surface area contributed by atoms with Crippen molar-refractivity contribution in [1.82, 2.24) is 26.1 Å². The third-order valence-corrected chi connectivity index (χ3v) is 7.81. The topological polar surface area (TPSA) is 136 Å². The number of carbonyl (C=O) groups is 3. The van der Waals surface area contributed by atoms with Gasteiger partial charge in [0.15, 0.2) is 6.10 Å². The van der Waals surface area contributed by atoms with E-state index in [1.54, 1.807) is 30.9 Å². The van der Waals surface area contributed by atoms with Crippen LogP contribution in [0.2, 0.25) is 5.02 Å². The Labute approximate surface area is 239 Å². The van der Waals surface area contributed by atoms with E-state index in [9.17, 15) is 19.6 Å². The maximum atomic E-state index is 13.8. The molecule has 2 fully saturated rings. The highest BCUT2D eigenvalue weighted by atomic mass is 35.5. The Kier molecular flexibility index (Phi) is 8.66. The Bertz CT molecular complexity index is 1340. The van der Waals surface area contributed by atoms with Crippen LogP contribution in [-0.2, 0) is 9.59 Å². The number of hydrogen-bond acceptors (Lipinski definition) is 7. The fourth-order valence-electron chi connectivity index (χ4n) is 5.31. The van der Waals surface area contributed by atoms with Crippen molar-refractivity contribution in [2.75, 3.05) is 0 Å². The van der Waals surface area contributed by atoms with Crippen molar-refractivity contribution in [1.29, 1.82) is 5.26 Å². The summed E-state index contributed by atoms with van der Waals surface area (Å²) in [5.74, 6) is -0.675. The highest BCUT2D eigenvalue weighted by Crippen LogP contribution is 2.43. The zero-order valence-electron chi connectivity index (χ0n) is 23.3. The summed E-state index contributed by atoms with van der Waals surface area (Å²) in [6.07, 6.45) is 2.56. The molecule has 2 aliphatic rings. The summed E-state index contributed by atoms with van der Waals surface area (Å²) >= 11 is 6.24. The van der Waals surface area contributed by atoms with Crippen LogP contribution in [0.15, 0.2) is 36.5 Å². The number of benzene rings is 1. The lowest BCUT2D eigenvalue weighted by Gasteiger charge is -2.38. The minimum Gasteiger partial charge on any atom is -0.479 e. The van der Waals surface area contributed by atoms with Crippen molar-refractivity contribution < 1.29 is 19.1 Å². The van der Waals surface area contributed by atoms with Gasteiger partial charge in [0.05, 0.1) is 29.8 Å². The molecule has 5 atom stereocenters. The molecule has 3 N–H and O–H groups in total. The molecule has 1 aromatic heterocycles. The predicted molar refractivity (Wildman–Crippen MR) is 149 cm³/mol. The number of carbonyl (C=O) groups excluding carboxylic acids is 3. The van der Waals surface area contributed by atoms with Gasteiger partial charge in [0.1, 0.15) is 17.5 Å². The second-order valence-electron chi connectivity index (χ2n) is 11.1. The summed E-state index contributed by atoms with van der Waals surface area (Å²) in [7, 11) is 0. The molecule has 3 heterocycles. The number of likely N-dealkylation sites (tertiary alicyclic amines) is 1. The molecule has 0 bridgehead atoms. The van der Waals surface area contributed by atoms with Gasteiger partial charge in [-0.1, -0.05) is 23.7 Å². The first-order chi connectivity index (χ1) is 18.9. The van der Waals surface area contributed by atoms with Gasteiger partial charge in [0, 0.05) is 17.5 Å². The van der Waals surface area contributed by atoms with Crippen LogP contribution in [0.4, 0.5) is 0 Å². The number of rotatable bonds is 7. The molecule has 11 heteroatoms. The maximum Gasteiger partial charge on any atom is 0.275 e. The van der Waals surface area contributed by atoms with E-state index < -0.39 is 23.5 Å². The van der Waals surface area contributed by atoms with Crippen molar-refractivity contribution in [2.45, 2.75) is 84.2 Å². The summed E-state index contributed by atoms with van der Waals surface area (Å²) in [5.41, 5.74) is 6.30. The molecule has 2 aliphatic heterocycles. The first-order valence-electron chi connectivity index (χ1n) is 13.4. The van der Waals surface area contributed by atoms with E-state index in [0.29, 0.717) is 35.6 Å². The molecule has 1 aromatic carbocycles. The Balaban J connectivity index is 1.50. The molecular formula is C29H35ClN6O4. The summed E-state index contributed by atoms with van der Waals surface area (Å²) in [6.45, 7) is 8.97. The van der Waals surface area contributed by atoms with Crippen molar-refractivity contribution in [3.05, 3.63) is 58.4 Å². The third-order valence-electron chi connectivity index (χ3n) is 7.58. The monoisotopic (exact) mass is 566 g/mol. The number of amides is 3. The number of hydrogen-bond donors (Lipinski definition) is 3. The van der Waals surface area contributed by atoms with Gasteiger partial charge in [-0.25, -0.2) is 10.4 Å². The highest BCUT2D eigenvalue weighted by Gasteiger charge is 2.46. The second-order valence-corrected chi connectivity index (χ2v) is 11.6. The highest BCUT2D eigenvalue weighted by molar-refractivity contribution is 6.30. The van der Waals surface area contributed by atoms with Gasteiger partial charge in [-0.15, -0.1) is 0 Å². The summed E-state index contributed by atoms with van der Waals surface area (Å²) < 4.78 is 5.86. The summed E-state index contributed by atoms with van der Waals surface area (Å²) in [6, 6.07) is 9.86. The SMILES string of the molecule is Cc1cc(C(=O)N[C@H](C)C(=O)N2[C@H](c3cccc(Cl)c3)CC[C@@H]2C(C)(C)C#N)ncc1OC1CC(C)NNC1=O. The fraction of sp³-hybridized carbons (Fsp3) is 0.483. The molecule has 10 nitrogen and oxygen atoms in total. The Morgan fingerprint density at radius 3 is 2.73 bits per heavy atom. The number of nitriles is 1. The van der Waals surface area contributed by atoms with Crippen molar-refractivity contribution in [2.24, 2.45) is 5.41 Å². The van der Waals surface area contributed by atoms with E-state index in [-0.39, 0.29) is 35.6 Å². The lowest BCUT2D eigenvalue weighted by molar-refractivity contribution is -0.137. The van der Waals surface area contributed by atoms with Gasteiger partial charge in [-0.2, -0.15) is 5.26 Å². The number of halogens is 1. The molecule has 212 valence electrons. The first-order valence-corrected chi connectivity index (χ1v) is 13.8. The van der Waals surface area contributed by atoms with Gasteiger partial charge in [0.25, 0.3) is 11.8 Å². The first kappa shape index (κ1) is 29.3. The fourth-order valence-corrected chi connectivity index (χ4v) is 5.50. The number of hydrazine groups is 1. The zero-order chi connectivity index (χ0) is 29.2. The van der Waals surface area contributed by atoms with Crippen LogP contribution >= 0.6 is 11.6 Å². The summed E-state index contributed by atoms with van der Waals surface area (Å²) in [4.78, 5) is 45.0. The van der Waals surface area contributed by atoms with Crippen LogP contribution in [0.25, 0.3) is 0 Å². The third kappa shape index (κ3) is 6.21. The molecule has 0 saturated carbocycles. The molecule has 0 spiro atoms. The standard InChI is InChI=1S/C29H35ClN6O4/c1-16-11-21(32-14-24(16)40-23-12-17(2)34-35-27(23)38)26(37)33-18(3)28(39)36-22(19-7-6-8-20(30)13-19)9-10-25(36)29(4,5)15-31/h6-8,11,13-14,17-18,22-23,25,34H,9-10,12H2,1-5H3,(H,33,37)(H,35,38)/t17?,18-,22+,23?,25-/m1/s1. The molecule has 40 heavy (non-hydrogen) atoms. The Morgan fingerprint density at radius 2 is 2.05 bits per heavy atom. The lowest BCUT2D eigenvalue weighted by Crippen LogP contribution is -2.56. The molecule has 3 amide bonds. The summed E-state index contributed by atoms with van der Waals surface area (Å²) in [5, 5.41) is 13.2. The van der Waals surface area contributed by atoms with Crippen LogP contribution in [0.5, 0.6) is 5.75 Å². The van der Waals surface area contributed by atoms with E-state index >= 15 is 0 Å². The molecule has 2 aromatic rings. The molecule has 0 radical (unpaired) electrons. The quantitative estimate of drug-likeness (QED) is 0.466. The minimum absolute atomic E-state index is 0.0486. The molecule has 2 unspecified atom stereocenters. The van der Waals surface area contributed by atoms with Crippen LogP contribution in [0.1, 0.15) is 74.6 Å². The normalized spacial score (nSPS) is 23.6. The lowest BCUT2D eigenvalue weighted by atomic mass is 9.84. The van der Waals surface area contributed by atoms with Gasteiger partial charge in [-0.05, 0) is 76.8 Å². The minimum atomic E-state index is -0.873. The van der Waals surface area contributed by atoms with Gasteiger partial charge >= 0.3 is 0 Å².